The predicted molar refractivity (Wildman–Crippen MR) is 63.7 cm³/mol. The van der Waals surface area contributed by atoms with Gasteiger partial charge in [-0.2, -0.15) is 0 Å². The van der Waals surface area contributed by atoms with Crippen LogP contribution in [0, 0.1) is 12.0 Å². The van der Waals surface area contributed by atoms with Crippen LogP contribution in [0.15, 0.2) is 17.5 Å². The van der Waals surface area contributed by atoms with Gasteiger partial charge < -0.3 is 22.4 Å². The molecule has 0 amide bonds. The van der Waals surface area contributed by atoms with E-state index in [2.05, 4.69) is 24.0 Å². The number of unbranched alkanes of at least 4 members (excludes halogenated alkanes) is 2. The molecule has 0 aromatic carbocycles. The maximum atomic E-state index is 8.62. The van der Waals surface area contributed by atoms with Crippen LogP contribution in [0.5, 0.6) is 0 Å². The van der Waals surface area contributed by atoms with Gasteiger partial charge in [0.15, 0.2) is 12.9 Å². The van der Waals surface area contributed by atoms with Gasteiger partial charge in [-0.25, -0.2) is 4.57 Å². The number of methoxy groups -OCH3 is 1. The number of rotatable bonds is 5. The highest BCUT2D eigenvalue weighted by Crippen LogP contribution is 1.93. The Morgan fingerprint density at radius 1 is 1.61 bits per heavy atom. The summed E-state index contributed by atoms with van der Waals surface area (Å²) in [5.41, 5.74) is 0. The van der Waals surface area contributed by atoms with Gasteiger partial charge in [0.1, 0.15) is 18.4 Å². The van der Waals surface area contributed by atoms with Gasteiger partial charge in [-0.3, -0.25) is 0 Å². The van der Waals surface area contributed by atoms with E-state index in [4.69, 9.17) is 9.94 Å². The average molecular weight is 272 g/mol. The molecule has 1 rings (SSSR count). The lowest BCUT2D eigenvalue weighted by Crippen LogP contribution is -3.00. The van der Waals surface area contributed by atoms with Gasteiger partial charge >= 0.3 is 5.82 Å². The molecule has 0 unspecified atom stereocenters. The van der Waals surface area contributed by atoms with E-state index in [0.29, 0.717) is 12.6 Å². The first-order valence-corrected chi connectivity index (χ1v) is 5.59. The third-order valence-electron chi connectivity index (χ3n) is 2.23. The molecule has 6 heteroatoms. The normalized spacial score (nSPS) is 9.89. The van der Waals surface area contributed by atoms with E-state index in [0.717, 1.165) is 19.3 Å². The fourth-order valence-electron chi connectivity index (χ4n) is 1.38. The fraction of sp³-hybridized carbons (Fsp3) is 0.500. The highest BCUT2D eigenvalue weighted by atomic mass is 35.5. The maximum Gasteiger partial charge on any atom is 0.319 e. The van der Waals surface area contributed by atoms with Crippen LogP contribution in [0.2, 0.25) is 0 Å². The third-order valence-corrected chi connectivity index (χ3v) is 2.23. The van der Waals surface area contributed by atoms with Crippen LogP contribution in [0.25, 0.3) is 0 Å². The smallest absolute Gasteiger partial charge is 0.319 e. The highest BCUT2D eigenvalue weighted by molar-refractivity contribution is 5.72. The minimum absolute atomic E-state index is 0. The van der Waals surface area contributed by atoms with Crippen molar-refractivity contribution >= 4 is 6.21 Å². The summed E-state index contributed by atoms with van der Waals surface area (Å²) >= 11 is 0. The van der Waals surface area contributed by atoms with Crippen LogP contribution in [0.3, 0.4) is 0 Å². The summed E-state index contributed by atoms with van der Waals surface area (Å²) in [7, 11) is 1.61. The molecule has 0 aliphatic heterocycles. The van der Waals surface area contributed by atoms with Crippen molar-refractivity contribution in [3.05, 3.63) is 18.2 Å². The van der Waals surface area contributed by atoms with Crippen LogP contribution < -0.4 is 17.0 Å². The quantitative estimate of drug-likeness (QED) is 0.171. The van der Waals surface area contributed by atoms with Crippen molar-refractivity contribution in [1.29, 1.82) is 0 Å². The molecule has 100 valence electrons. The van der Waals surface area contributed by atoms with Crippen molar-refractivity contribution in [2.45, 2.75) is 32.9 Å². The van der Waals surface area contributed by atoms with Crippen molar-refractivity contribution in [2.75, 3.05) is 7.11 Å². The molecule has 0 saturated heterocycles. The molecule has 1 aromatic rings. The van der Waals surface area contributed by atoms with E-state index in [-0.39, 0.29) is 12.4 Å². The summed E-state index contributed by atoms with van der Waals surface area (Å²) in [6.07, 6.45) is 8.08. The molecule has 0 aliphatic carbocycles. The second-order valence-electron chi connectivity index (χ2n) is 3.55. The molecular formula is C12H18ClN3O2. The Morgan fingerprint density at radius 3 is 3.00 bits per heavy atom. The second-order valence-corrected chi connectivity index (χ2v) is 3.55. The average Bonchev–Trinajstić information content (AvgIpc) is 2.69. The third kappa shape index (κ3) is 4.78. The van der Waals surface area contributed by atoms with Gasteiger partial charge in [0, 0.05) is 13.5 Å². The monoisotopic (exact) mass is 271 g/mol. The van der Waals surface area contributed by atoms with E-state index >= 15 is 0 Å². The van der Waals surface area contributed by atoms with Crippen molar-refractivity contribution < 1.29 is 26.9 Å². The summed E-state index contributed by atoms with van der Waals surface area (Å²) in [5, 5.41) is 11.7. The summed E-state index contributed by atoms with van der Waals surface area (Å²) < 4.78 is 8.55. The standard InChI is InChI=1S/C12H17N3O2.ClH/c1-3-4-5-6-7-14-8-9-15(11-17-2)12(14)10-13-16;/h8-10H,3-5,11H2,1-2H3;1H. The van der Waals surface area contributed by atoms with Gasteiger partial charge in [0.25, 0.3) is 0 Å². The number of oxime groups is 1. The van der Waals surface area contributed by atoms with E-state index < -0.39 is 0 Å². The molecule has 0 atom stereocenters. The van der Waals surface area contributed by atoms with Gasteiger partial charge in [-0.05, 0) is 6.42 Å². The Labute approximate surface area is 113 Å². The first kappa shape index (κ1) is 16.5. The Morgan fingerprint density at radius 2 is 2.39 bits per heavy atom. The molecule has 0 spiro atoms. The molecule has 0 aliphatic rings. The fourth-order valence-corrected chi connectivity index (χ4v) is 1.38. The number of aromatic nitrogens is 2. The molecule has 5 nitrogen and oxygen atoms in total. The van der Waals surface area contributed by atoms with Crippen molar-refractivity contribution in [1.82, 2.24) is 4.57 Å². The molecule has 0 bridgehead atoms. The number of hydrogen-bond acceptors (Lipinski definition) is 3. The topological polar surface area (TPSA) is 50.6 Å². The first-order valence-electron chi connectivity index (χ1n) is 5.59. The molecule has 1 heterocycles. The molecule has 0 radical (unpaired) electrons. The molecule has 18 heavy (non-hydrogen) atoms. The zero-order valence-corrected chi connectivity index (χ0v) is 11.4. The summed E-state index contributed by atoms with van der Waals surface area (Å²) in [6, 6.07) is 3.00. The van der Waals surface area contributed by atoms with Crippen molar-refractivity contribution in [3.8, 4) is 12.0 Å². The lowest BCUT2D eigenvalue weighted by molar-refractivity contribution is -0.584. The Hall–Kier alpha value is -1.51. The molecule has 0 fully saturated rings. The Kier molecular flexibility index (Phi) is 8.71. The second kappa shape index (κ2) is 9.51. The molecule has 1 aromatic heterocycles. The summed E-state index contributed by atoms with van der Waals surface area (Å²) in [6.45, 7) is 2.53. The van der Waals surface area contributed by atoms with Gasteiger partial charge in [0.2, 0.25) is 0 Å². The molecule has 0 saturated carbocycles. The number of imidazole rings is 1. The van der Waals surface area contributed by atoms with Crippen LogP contribution in [0.4, 0.5) is 0 Å². The van der Waals surface area contributed by atoms with Gasteiger partial charge in [-0.15, -0.1) is 4.57 Å². The summed E-state index contributed by atoms with van der Waals surface area (Å²) in [5.74, 6) is 3.75. The van der Waals surface area contributed by atoms with E-state index in [9.17, 15) is 0 Å². The SMILES string of the molecule is CCCCC#C[n+]1ccn(COC)c1C=NO.[Cl-]. The zero-order chi connectivity index (χ0) is 12.5. The number of nitrogens with zero attached hydrogens (tertiary/aromatic N) is 3. The Bertz CT molecular complexity index is 432. The summed E-state index contributed by atoms with van der Waals surface area (Å²) in [4.78, 5) is 0. The first-order chi connectivity index (χ1) is 8.33. The number of halogens is 1. The largest absolute Gasteiger partial charge is 1.00 e. The maximum absolute atomic E-state index is 8.62. The van der Waals surface area contributed by atoms with E-state index in [1.807, 2.05) is 12.4 Å². The zero-order valence-electron chi connectivity index (χ0n) is 10.6. The lowest BCUT2D eigenvalue weighted by Gasteiger charge is -1.94. The van der Waals surface area contributed by atoms with E-state index in [1.54, 1.807) is 16.2 Å². The molecular weight excluding hydrogens is 254 g/mol. The van der Waals surface area contributed by atoms with Crippen LogP contribution in [-0.2, 0) is 11.5 Å². The lowest BCUT2D eigenvalue weighted by atomic mass is 10.3. The van der Waals surface area contributed by atoms with Gasteiger partial charge in [-0.1, -0.05) is 24.4 Å². The van der Waals surface area contributed by atoms with Crippen molar-refractivity contribution in [2.24, 2.45) is 5.16 Å². The van der Waals surface area contributed by atoms with Gasteiger partial charge in [0.05, 0.1) is 0 Å². The van der Waals surface area contributed by atoms with Crippen molar-refractivity contribution in [3.63, 3.8) is 0 Å². The minimum Gasteiger partial charge on any atom is -1.00 e. The van der Waals surface area contributed by atoms with Crippen LogP contribution in [0.1, 0.15) is 32.0 Å². The molecule has 1 N–H and O–H groups in total. The van der Waals surface area contributed by atoms with Crippen LogP contribution >= 0.6 is 0 Å². The van der Waals surface area contributed by atoms with E-state index in [1.165, 1.54) is 6.21 Å². The highest BCUT2D eigenvalue weighted by Gasteiger charge is 2.13. The number of ether oxygens (including phenoxy) is 1. The van der Waals surface area contributed by atoms with Crippen LogP contribution in [-0.4, -0.2) is 23.1 Å². The minimum atomic E-state index is 0. The number of hydrogen-bond donors (Lipinski definition) is 1. The predicted octanol–water partition coefficient (Wildman–Crippen LogP) is -1.81. The Balaban J connectivity index is 0.00000289.